The maximum atomic E-state index is 13.9. The van der Waals surface area contributed by atoms with Crippen LogP contribution in [-0.2, 0) is 0 Å². The molecule has 7 rings (SSSR count). The Morgan fingerprint density at radius 3 is 2.55 bits per heavy atom. The summed E-state index contributed by atoms with van der Waals surface area (Å²) in [6.07, 6.45) is 32.4. The van der Waals surface area contributed by atoms with Crippen molar-refractivity contribution < 1.29 is 4.79 Å². The van der Waals surface area contributed by atoms with E-state index in [4.69, 9.17) is 0 Å². The third kappa shape index (κ3) is 5.39. The quantitative estimate of drug-likeness (QED) is 0.358. The van der Waals surface area contributed by atoms with Crippen molar-refractivity contribution in [3.05, 3.63) is 148 Å². The molecule has 3 heteroatoms. The van der Waals surface area contributed by atoms with E-state index in [1.807, 2.05) is 0 Å². The maximum Gasteiger partial charge on any atom is 0.172 e. The van der Waals surface area contributed by atoms with E-state index in [0.717, 1.165) is 48.1 Å². The van der Waals surface area contributed by atoms with Crippen LogP contribution in [0.2, 0.25) is 0 Å². The lowest BCUT2D eigenvalue weighted by molar-refractivity contribution is 0.0939. The molecule has 0 amide bonds. The number of allylic oxidation sites excluding steroid dienone is 13. The van der Waals surface area contributed by atoms with Crippen molar-refractivity contribution in [3.63, 3.8) is 0 Å². The molecule has 2 unspecified atom stereocenters. The number of fused-ring (bicyclic) bond motifs is 2. The molecule has 0 bridgehead atoms. The average Bonchev–Trinajstić information content (AvgIpc) is 3.29. The predicted octanol–water partition coefficient (Wildman–Crippen LogP) is 10.1. The van der Waals surface area contributed by atoms with Crippen LogP contribution < -0.4 is 0 Å². The van der Waals surface area contributed by atoms with Crippen LogP contribution in [0.4, 0.5) is 0 Å². The van der Waals surface area contributed by atoms with Crippen LogP contribution in [0, 0.1) is 12.8 Å². The molecule has 4 aliphatic carbocycles. The fraction of sp³-hybridized carbons (Fsp3) is 0.256. The van der Waals surface area contributed by atoms with Gasteiger partial charge < -0.3 is 4.90 Å². The summed E-state index contributed by atoms with van der Waals surface area (Å²) in [5.74, 6) is 0.159. The molecule has 2 aromatic carbocycles. The summed E-state index contributed by atoms with van der Waals surface area (Å²) in [5.41, 5.74) is 9.68. The van der Waals surface area contributed by atoms with Crippen LogP contribution in [0.3, 0.4) is 0 Å². The van der Waals surface area contributed by atoms with Crippen LogP contribution in [-0.4, -0.2) is 16.7 Å². The highest BCUT2D eigenvalue weighted by Crippen LogP contribution is 2.47. The third-order valence-corrected chi connectivity index (χ3v) is 10.3. The van der Waals surface area contributed by atoms with Gasteiger partial charge in [0.05, 0.1) is 12.0 Å². The minimum Gasteiger partial charge on any atom is -0.338 e. The molecule has 0 N–H and O–H groups in total. The van der Waals surface area contributed by atoms with Crippen molar-refractivity contribution >= 4 is 28.7 Å². The van der Waals surface area contributed by atoms with Crippen molar-refractivity contribution in [2.24, 2.45) is 5.92 Å². The molecular weight excluding hydrogens is 531 g/mol. The molecule has 210 valence electrons. The van der Waals surface area contributed by atoms with E-state index >= 15 is 0 Å². The third-order valence-electron chi connectivity index (χ3n) is 9.02. The molecule has 0 spiro atoms. The van der Waals surface area contributed by atoms with Crippen molar-refractivity contribution in [3.8, 4) is 0 Å². The number of carbonyl (C=O) groups excluding carboxylic acids is 1. The zero-order chi connectivity index (χ0) is 28.5. The summed E-state index contributed by atoms with van der Waals surface area (Å²) < 4.78 is 0. The Hall–Kier alpha value is -3.82. The minimum absolute atomic E-state index is 0.0940. The number of thioether (sulfide) groups is 1. The van der Waals surface area contributed by atoms with E-state index in [9.17, 15) is 4.79 Å². The Balaban J connectivity index is 1.16. The zero-order valence-corrected chi connectivity index (χ0v) is 25.1. The highest BCUT2D eigenvalue weighted by atomic mass is 32.2. The number of benzene rings is 2. The van der Waals surface area contributed by atoms with E-state index in [1.165, 1.54) is 51.4 Å². The van der Waals surface area contributed by atoms with Gasteiger partial charge in [0.2, 0.25) is 0 Å². The van der Waals surface area contributed by atoms with E-state index in [2.05, 4.69) is 121 Å². The van der Waals surface area contributed by atoms with Gasteiger partial charge in [0.1, 0.15) is 0 Å². The standard InChI is InChI=1S/C39H37NOS/c1-27-15-17-29(18-16-27)31-21-24-38-36(26-31)39(41)35-25-30(20-23-37(35)42-38)28-9-8-14-34(22-19-28)40(32-10-4-2-5-11-32)33-12-6-3-7-13-33/h2,4-5,8,10,12,14-25,32,36H,3,6-7,9,11,13,26H2,1H3. The van der Waals surface area contributed by atoms with Crippen molar-refractivity contribution in [2.45, 2.75) is 62.8 Å². The Morgan fingerprint density at radius 2 is 1.74 bits per heavy atom. The Labute approximate surface area is 254 Å². The molecule has 1 heterocycles. The fourth-order valence-corrected chi connectivity index (χ4v) is 7.81. The first-order chi connectivity index (χ1) is 20.6. The zero-order valence-electron chi connectivity index (χ0n) is 24.3. The SMILES string of the molecule is Cc1ccc(C2=CC=C3Sc4ccc(C5=CC=C(N(C6=CCCCC6)C6C=CC=CC6)C=CC5)cc4C(=O)C3C2)cc1. The molecule has 0 radical (unpaired) electrons. The monoisotopic (exact) mass is 567 g/mol. The molecule has 0 saturated heterocycles. The van der Waals surface area contributed by atoms with Crippen molar-refractivity contribution in [2.75, 3.05) is 0 Å². The molecule has 5 aliphatic rings. The molecular formula is C39H37NOS. The Morgan fingerprint density at radius 1 is 0.881 bits per heavy atom. The van der Waals surface area contributed by atoms with Gasteiger partial charge in [0.25, 0.3) is 0 Å². The number of Topliss-reactive ketones (excluding diaryl/α,β-unsaturated/α-hetero) is 1. The highest BCUT2D eigenvalue weighted by Gasteiger charge is 2.34. The van der Waals surface area contributed by atoms with Gasteiger partial charge in [-0.2, -0.15) is 0 Å². The van der Waals surface area contributed by atoms with Crippen LogP contribution in [0.5, 0.6) is 0 Å². The first kappa shape index (κ1) is 27.0. The lowest BCUT2D eigenvalue weighted by Gasteiger charge is -2.36. The van der Waals surface area contributed by atoms with E-state index in [1.54, 1.807) is 11.8 Å². The van der Waals surface area contributed by atoms with E-state index in [0.29, 0.717) is 6.04 Å². The topological polar surface area (TPSA) is 20.3 Å². The van der Waals surface area contributed by atoms with Crippen LogP contribution in [0.25, 0.3) is 11.1 Å². The molecule has 0 aromatic heterocycles. The first-order valence-corrected chi connectivity index (χ1v) is 16.2. The number of rotatable bonds is 5. The van der Waals surface area contributed by atoms with Crippen molar-refractivity contribution in [1.29, 1.82) is 0 Å². The second-order valence-corrected chi connectivity index (χ2v) is 13.0. The fourth-order valence-electron chi connectivity index (χ4n) is 6.68. The van der Waals surface area contributed by atoms with Crippen LogP contribution in [0.15, 0.2) is 130 Å². The molecule has 0 fully saturated rings. The minimum atomic E-state index is -0.0940. The average molecular weight is 568 g/mol. The van der Waals surface area contributed by atoms with Crippen LogP contribution in [0.1, 0.15) is 72.0 Å². The highest BCUT2D eigenvalue weighted by molar-refractivity contribution is 8.03. The Kier molecular flexibility index (Phi) is 7.61. The molecule has 2 nitrogen and oxygen atoms in total. The molecule has 0 saturated carbocycles. The summed E-state index contributed by atoms with van der Waals surface area (Å²) in [7, 11) is 0. The van der Waals surface area contributed by atoms with E-state index in [-0.39, 0.29) is 11.7 Å². The number of hydrogen-bond acceptors (Lipinski definition) is 3. The van der Waals surface area contributed by atoms with Gasteiger partial charge in [0, 0.05) is 26.8 Å². The first-order valence-electron chi connectivity index (χ1n) is 15.4. The second kappa shape index (κ2) is 11.8. The largest absolute Gasteiger partial charge is 0.338 e. The molecule has 2 aromatic rings. The summed E-state index contributed by atoms with van der Waals surface area (Å²) in [6.45, 7) is 2.11. The number of carbonyl (C=O) groups is 1. The molecule has 2 atom stereocenters. The summed E-state index contributed by atoms with van der Waals surface area (Å²) in [5, 5.41) is 0. The lowest BCUT2D eigenvalue weighted by Crippen LogP contribution is -2.33. The van der Waals surface area contributed by atoms with Gasteiger partial charge in [-0.15, -0.1) is 0 Å². The molecule has 42 heavy (non-hydrogen) atoms. The smallest absolute Gasteiger partial charge is 0.172 e. The predicted molar refractivity (Wildman–Crippen MR) is 177 cm³/mol. The second-order valence-electron chi connectivity index (χ2n) is 11.9. The van der Waals surface area contributed by atoms with Gasteiger partial charge in [0.15, 0.2) is 5.78 Å². The summed E-state index contributed by atoms with van der Waals surface area (Å²) in [6, 6.07) is 15.5. The van der Waals surface area contributed by atoms with Crippen LogP contribution >= 0.6 is 11.8 Å². The van der Waals surface area contributed by atoms with Gasteiger partial charge in [-0.1, -0.05) is 102 Å². The number of hydrogen-bond donors (Lipinski definition) is 0. The number of aryl methyl sites for hydroxylation is 1. The van der Waals surface area contributed by atoms with Gasteiger partial charge in [-0.3, -0.25) is 4.79 Å². The van der Waals surface area contributed by atoms with E-state index < -0.39 is 0 Å². The maximum absolute atomic E-state index is 13.9. The summed E-state index contributed by atoms with van der Waals surface area (Å²) in [4.78, 5) is 18.7. The van der Waals surface area contributed by atoms with Gasteiger partial charge in [-0.05, 0) is 98.4 Å². The van der Waals surface area contributed by atoms with Crippen molar-refractivity contribution in [1.82, 2.24) is 4.90 Å². The van der Waals surface area contributed by atoms with Gasteiger partial charge in [-0.25, -0.2) is 0 Å². The summed E-state index contributed by atoms with van der Waals surface area (Å²) >= 11 is 1.77. The normalized spacial score (nSPS) is 23.1. The lowest BCUT2D eigenvalue weighted by atomic mass is 9.84. The number of nitrogens with zero attached hydrogens (tertiary/aromatic N) is 1. The molecule has 1 aliphatic heterocycles. The number of ketones is 1. The van der Waals surface area contributed by atoms with Gasteiger partial charge >= 0.3 is 0 Å². The Bertz CT molecular complexity index is 1660.